The molecule has 17 heavy (non-hydrogen) atoms. The number of benzene rings is 1. The van der Waals surface area contributed by atoms with Crippen LogP contribution in [0.3, 0.4) is 0 Å². The minimum absolute atomic E-state index is 0.767. The van der Waals surface area contributed by atoms with E-state index in [0.29, 0.717) is 0 Å². The molecule has 1 aliphatic heterocycles. The summed E-state index contributed by atoms with van der Waals surface area (Å²) >= 11 is 7.79. The molecule has 1 aromatic carbocycles. The second-order valence-corrected chi connectivity index (χ2v) is 6.09. The van der Waals surface area contributed by atoms with E-state index in [9.17, 15) is 0 Å². The summed E-state index contributed by atoms with van der Waals surface area (Å²) in [5.74, 6) is 2.01. The van der Waals surface area contributed by atoms with Gasteiger partial charge >= 0.3 is 0 Å². The number of piperidine rings is 1. The maximum absolute atomic E-state index is 5.97. The maximum atomic E-state index is 5.97. The lowest BCUT2D eigenvalue weighted by Crippen LogP contribution is -2.27. The van der Waals surface area contributed by atoms with Crippen LogP contribution in [-0.4, -0.2) is 18.8 Å². The number of nitrogens with two attached hydrogens (primary N) is 1. The molecule has 1 aromatic rings. The third-order valence-electron chi connectivity index (χ3n) is 3.22. The molecule has 0 radical (unpaired) electrons. The molecule has 1 fully saturated rings. The Morgan fingerprint density at radius 1 is 1.35 bits per heavy atom. The van der Waals surface area contributed by atoms with Crippen molar-refractivity contribution < 1.29 is 0 Å². The summed E-state index contributed by atoms with van der Waals surface area (Å²) < 4.78 is 0. The molecule has 0 atom stereocenters. The van der Waals surface area contributed by atoms with Gasteiger partial charge in [-0.1, -0.05) is 11.6 Å². The number of halogens is 1. The molecule has 3 N–H and O–H groups in total. The van der Waals surface area contributed by atoms with Gasteiger partial charge in [-0.15, -0.1) is 11.8 Å². The lowest BCUT2D eigenvalue weighted by Gasteiger charge is -2.22. The molecule has 94 valence electrons. The van der Waals surface area contributed by atoms with Gasteiger partial charge in [0.15, 0.2) is 0 Å². The molecule has 0 amide bonds. The van der Waals surface area contributed by atoms with Crippen molar-refractivity contribution in [3.05, 3.63) is 23.2 Å². The summed E-state index contributed by atoms with van der Waals surface area (Å²) in [6.45, 7) is 2.35. The van der Waals surface area contributed by atoms with Crippen molar-refractivity contribution in [3.63, 3.8) is 0 Å². The summed E-state index contributed by atoms with van der Waals surface area (Å²) in [7, 11) is 0. The van der Waals surface area contributed by atoms with Gasteiger partial charge in [0.2, 0.25) is 0 Å². The molecule has 0 aliphatic carbocycles. The number of nitrogen functional groups attached to an aromatic ring is 1. The zero-order chi connectivity index (χ0) is 12.1. The Morgan fingerprint density at radius 2 is 2.12 bits per heavy atom. The number of nitrogens with one attached hydrogen (secondary N) is 1. The van der Waals surface area contributed by atoms with E-state index in [4.69, 9.17) is 17.3 Å². The molecule has 2 nitrogen and oxygen atoms in total. The van der Waals surface area contributed by atoms with Crippen molar-refractivity contribution in [1.82, 2.24) is 5.32 Å². The van der Waals surface area contributed by atoms with Crippen molar-refractivity contribution in [2.75, 3.05) is 24.6 Å². The monoisotopic (exact) mass is 270 g/mol. The molecule has 2 rings (SSSR count). The van der Waals surface area contributed by atoms with E-state index in [1.54, 1.807) is 0 Å². The van der Waals surface area contributed by atoms with Crippen LogP contribution < -0.4 is 11.1 Å². The standard InChI is InChI=1S/C13H19ClN2S/c14-11-1-2-12(15)13(9-11)17-8-5-10-3-6-16-7-4-10/h1-2,9-10,16H,3-8,15H2. The van der Waals surface area contributed by atoms with E-state index in [-0.39, 0.29) is 0 Å². The Bertz CT molecular complexity index is 364. The first-order valence-electron chi connectivity index (χ1n) is 6.14. The van der Waals surface area contributed by atoms with Crippen LogP contribution in [0.4, 0.5) is 5.69 Å². The highest BCUT2D eigenvalue weighted by molar-refractivity contribution is 7.99. The van der Waals surface area contributed by atoms with Crippen molar-refractivity contribution in [3.8, 4) is 0 Å². The first-order chi connectivity index (χ1) is 8.25. The molecular weight excluding hydrogens is 252 g/mol. The lowest BCUT2D eigenvalue weighted by atomic mass is 9.96. The highest BCUT2D eigenvalue weighted by Gasteiger charge is 2.12. The first-order valence-corrected chi connectivity index (χ1v) is 7.50. The highest BCUT2D eigenvalue weighted by Crippen LogP contribution is 2.30. The topological polar surface area (TPSA) is 38.0 Å². The van der Waals surface area contributed by atoms with Crippen LogP contribution in [0.2, 0.25) is 5.02 Å². The lowest BCUT2D eigenvalue weighted by molar-refractivity contribution is 0.367. The molecule has 0 aromatic heterocycles. The van der Waals surface area contributed by atoms with Crippen LogP contribution in [0.15, 0.2) is 23.1 Å². The smallest absolute Gasteiger partial charge is 0.0453 e. The fraction of sp³-hybridized carbons (Fsp3) is 0.538. The Kier molecular flexibility index (Phi) is 5.01. The summed E-state index contributed by atoms with van der Waals surface area (Å²) in [6, 6.07) is 5.69. The fourth-order valence-corrected chi connectivity index (χ4v) is 3.49. The summed E-state index contributed by atoms with van der Waals surface area (Å²) in [4.78, 5) is 1.12. The van der Waals surface area contributed by atoms with Gasteiger partial charge in [-0.2, -0.15) is 0 Å². The highest BCUT2D eigenvalue weighted by atomic mass is 35.5. The molecule has 0 spiro atoms. The molecule has 1 aliphatic rings. The summed E-state index contributed by atoms with van der Waals surface area (Å²) in [5, 5.41) is 4.16. The van der Waals surface area contributed by atoms with E-state index in [2.05, 4.69) is 5.32 Å². The predicted molar refractivity (Wildman–Crippen MR) is 76.8 cm³/mol. The second-order valence-electron chi connectivity index (χ2n) is 4.51. The van der Waals surface area contributed by atoms with Gasteiger partial charge in [-0.25, -0.2) is 0 Å². The van der Waals surface area contributed by atoms with Crippen molar-refractivity contribution in [1.29, 1.82) is 0 Å². The molecule has 1 saturated heterocycles. The Labute approximate surface area is 112 Å². The van der Waals surface area contributed by atoms with Gasteiger partial charge in [-0.05, 0) is 62.2 Å². The van der Waals surface area contributed by atoms with Crippen LogP contribution in [0, 0.1) is 5.92 Å². The molecular formula is C13H19ClN2S. The number of thioether (sulfide) groups is 1. The average Bonchev–Trinajstić information content (AvgIpc) is 2.35. The van der Waals surface area contributed by atoms with Crippen LogP contribution in [-0.2, 0) is 0 Å². The first kappa shape index (κ1) is 13.1. The normalized spacial score (nSPS) is 17.2. The minimum Gasteiger partial charge on any atom is -0.398 e. The van der Waals surface area contributed by atoms with E-state index in [1.165, 1.54) is 32.4 Å². The number of hydrogen-bond acceptors (Lipinski definition) is 3. The maximum Gasteiger partial charge on any atom is 0.0453 e. The van der Waals surface area contributed by atoms with Gasteiger partial charge < -0.3 is 11.1 Å². The predicted octanol–water partition coefficient (Wildman–Crippen LogP) is 3.40. The Hall–Kier alpha value is -0.380. The van der Waals surface area contributed by atoms with Crippen LogP contribution in [0.25, 0.3) is 0 Å². The molecule has 0 saturated carbocycles. The SMILES string of the molecule is Nc1ccc(Cl)cc1SCCC1CCNCC1. The molecule has 0 unspecified atom stereocenters. The molecule has 1 heterocycles. The van der Waals surface area contributed by atoms with E-state index in [0.717, 1.165) is 27.3 Å². The number of hydrogen-bond donors (Lipinski definition) is 2. The number of rotatable bonds is 4. The van der Waals surface area contributed by atoms with Gasteiger partial charge in [0.05, 0.1) is 0 Å². The van der Waals surface area contributed by atoms with E-state index >= 15 is 0 Å². The van der Waals surface area contributed by atoms with Gasteiger partial charge in [0, 0.05) is 15.6 Å². The van der Waals surface area contributed by atoms with E-state index in [1.807, 2.05) is 30.0 Å². The van der Waals surface area contributed by atoms with Crippen molar-refractivity contribution in [2.45, 2.75) is 24.2 Å². The van der Waals surface area contributed by atoms with Crippen molar-refractivity contribution >= 4 is 29.1 Å². The number of anilines is 1. The zero-order valence-electron chi connectivity index (χ0n) is 9.92. The zero-order valence-corrected chi connectivity index (χ0v) is 11.5. The van der Waals surface area contributed by atoms with Gasteiger partial charge in [0.25, 0.3) is 0 Å². The fourth-order valence-electron chi connectivity index (χ4n) is 2.14. The van der Waals surface area contributed by atoms with Crippen LogP contribution in [0.1, 0.15) is 19.3 Å². The quantitative estimate of drug-likeness (QED) is 0.651. The average molecular weight is 271 g/mol. The Balaban J connectivity index is 1.79. The van der Waals surface area contributed by atoms with E-state index < -0.39 is 0 Å². The largest absolute Gasteiger partial charge is 0.398 e. The Morgan fingerprint density at radius 3 is 2.88 bits per heavy atom. The summed E-state index contributed by atoms with van der Waals surface area (Å²) in [6.07, 6.45) is 3.90. The van der Waals surface area contributed by atoms with Crippen LogP contribution in [0.5, 0.6) is 0 Å². The summed E-state index contributed by atoms with van der Waals surface area (Å²) in [5.41, 5.74) is 6.76. The molecule has 0 bridgehead atoms. The third-order valence-corrected chi connectivity index (χ3v) is 4.56. The van der Waals surface area contributed by atoms with Gasteiger partial charge in [-0.3, -0.25) is 0 Å². The minimum atomic E-state index is 0.767. The van der Waals surface area contributed by atoms with Gasteiger partial charge in [0.1, 0.15) is 0 Å². The van der Waals surface area contributed by atoms with Crippen LogP contribution >= 0.6 is 23.4 Å². The second kappa shape index (κ2) is 6.53. The van der Waals surface area contributed by atoms with Crippen molar-refractivity contribution in [2.24, 2.45) is 5.92 Å². The molecule has 4 heteroatoms. The third kappa shape index (κ3) is 4.09.